The lowest BCUT2D eigenvalue weighted by molar-refractivity contribution is 0.112. The average Bonchev–Trinajstić information content (AvgIpc) is 3.84. The van der Waals surface area contributed by atoms with Crippen molar-refractivity contribution in [2.24, 2.45) is 0 Å². The highest BCUT2D eigenvalue weighted by Crippen LogP contribution is 2.54. The second-order valence-electron chi connectivity index (χ2n) is 14.1. The van der Waals surface area contributed by atoms with Crippen molar-refractivity contribution in [2.75, 3.05) is 4.90 Å². The fourth-order valence-corrected chi connectivity index (χ4v) is 10.3. The molecule has 0 fully saturated rings. The minimum atomic E-state index is -0.0868. The molecule has 0 unspecified atom stereocenters. The van der Waals surface area contributed by atoms with Crippen LogP contribution in [0.5, 0.6) is 0 Å². The first-order chi connectivity index (χ1) is 22.7. The zero-order valence-electron chi connectivity index (χ0n) is 27.1. The Morgan fingerprint density at radius 3 is 2.15 bits per heavy atom. The molecule has 2 heterocycles. The van der Waals surface area contributed by atoms with Crippen molar-refractivity contribution in [1.82, 2.24) is 0 Å². The maximum absolute atomic E-state index is 11.4. The van der Waals surface area contributed by atoms with Crippen LogP contribution in [0.1, 0.15) is 72.5 Å². The van der Waals surface area contributed by atoms with Gasteiger partial charge in [0.05, 0.1) is 4.88 Å². The fourth-order valence-electron chi connectivity index (χ4n) is 8.26. The zero-order chi connectivity index (χ0) is 32.1. The molecule has 4 aromatic carbocycles. The van der Waals surface area contributed by atoms with Crippen molar-refractivity contribution < 1.29 is 4.79 Å². The Morgan fingerprint density at radius 1 is 0.660 bits per heavy atom. The van der Waals surface area contributed by atoms with E-state index < -0.39 is 0 Å². The summed E-state index contributed by atoms with van der Waals surface area (Å²) in [5.74, 6) is 0. The smallest absolute Gasteiger partial charge is 0.160 e. The van der Waals surface area contributed by atoms with Crippen molar-refractivity contribution in [3.8, 4) is 20.9 Å². The predicted octanol–water partition coefficient (Wildman–Crippen LogP) is 12.6. The van der Waals surface area contributed by atoms with Crippen LogP contribution in [-0.4, -0.2) is 6.29 Å². The number of thiophene rings is 2. The molecule has 0 spiro atoms. The van der Waals surface area contributed by atoms with Crippen molar-refractivity contribution in [1.29, 1.82) is 0 Å². The van der Waals surface area contributed by atoms with E-state index in [1.54, 1.807) is 28.2 Å². The van der Waals surface area contributed by atoms with Gasteiger partial charge in [-0.25, -0.2) is 0 Å². The summed E-state index contributed by atoms with van der Waals surface area (Å²) >= 11 is 3.35. The lowest BCUT2D eigenvalue weighted by atomic mass is 9.78. The lowest BCUT2D eigenvalue weighted by Gasteiger charge is -2.30. The van der Waals surface area contributed by atoms with E-state index in [0.717, 1.165) is 34.6 Å². The highest BCUT2D eigenvalue weighted by atomic mass is 32.1. The van der Waals surface area contributed by atoms with Crippen LogP contribution < -0.4 is 4.90 Å². The molecule has 230 valence electrons. The molecule has 3 aliphatic carbocycles. The molecule has 0 amide bonds. The first-order valence-electron chi connectivity index (χ1n) is 16.4. The SMILES string of the molecule is CC1(C)C2=C(C=CCC2)c2ccc(N(c3ccc4c(c3)C(C)(C)c3ccccc3-4)c3ccc4cc(-c5ccc(C=O)s5)sc4c3)cc21. The molecule has 47 heavy (non-hydrogen) atoms. The van der Waals surface area contributed by atoms with E-state index in [2.05, 4.69) is 136 Å². The molecule has 0 saturated heterocycles. The summed E-state index contributed by atoms with van der Waals surface area (Å²) in [6, 6.07) is 36.1. The third-order valence-electron chi connectivity index (χ3n) is 10.7. The summed E-state index contributed by atoms with van der Waals surface area (Å²) in [6.07, 6.45) is 7.86. The molecule has 4 heteroatoms. The van der Waals surface area contributed by atoms with Crippen LogP contribution in [0.15, 0.2) is 115 Å². The van der Waals surface area contributed by atoms with E-state index >= 15 is 0 Å². The molecule has 0 atom stereocenters. The normalized spacial score (nSPS) is 16.6. The minimum Gasteiger partial charge on any atom is -0.310 e. The maximum Gasteiger partial charge on any atom is 0.160 e. The van der Waals surface area contributed by atoms with Crippen LogP contribution in [0.4, 0.5) is 17.1 Å². The maximum atomic E-state index is 11.4. The molecule has 0 saturated carbocycles. The number of fused-ring (bicyclic) bond motifs is 6. The van der Waals surface area contributed by atoms with E-state index in [9.17, 15) is 4.79 Å². The highest BCUT2D eigenvalue weighted by molar-refractivity contribution is 7.26. The van der Waals surface area contributed by atoms with Crippen molar-refractivity contribution in [3.05, 3.63) is 142 Å². The van der Waals surface area contributed by atoms with Gasteiger partial charge in [0.25, 0.3) is 0 Å². The van der Waals surface area contributed by atoms with Gasteiger partial charge in [-0.15, -0.1) is 22.7 Å². The highest BCUT2D eigenvalue weighted by Gasteiger charge is 2.38. The first kappa shape index (κ1) is 28.7. The molecule has 6 aromatic rings. The van der Waals surface area contributed by atoms with Gasteiger partial charge in [-0.05, 0) is 112 Å². The zero-order valence-corrected chi connectivity index (χ0v) is 28.7. The van der Waals surface area contributed by atoms with Gasteiger partial charge in [0.2, 0.25) is 0 Å². The number of benzene rings is 4. The summed E-state index contributed by atoms with van der Waals surface area (Å²) in [5, 5.41) is 1.22. The van der Waals surface area contributed by atoms with E-state index in [0.29, 0.717) is 0 Å². The number of nitrogens with zero attached hydrogens (tertiary/aromatic N) is 1. The largest absolute Gasteiger partial charge is 0.310 e. The first-order valence-corrected chi connectivity index (χ1v) is 18.1. The van der Waals surface area contributed by atoms with Crippen molar-refractivity contribution >= 4 is 61.7 Å². The second kappa shape index (κ2) is 10.2. The molecule has 9 rings (SSSR count). The number of aldehydes is 1. The molecular weight excluding hydrogens is 611 g/mol. The Kier molecular flexibility index (Phi) is 6.25. The van der Waals surface area contributed by atoms with Crippen LogP contribution in [0, 0.1) is 0 Å². The fraction of sp³-hybridized carbons (Fsp3) is 0.186. The van der Waals surface area contributed by atoms with Crippen LogP contribution in [0.2, 0.25) is 0 Å². The number of hydrogen-bond donors (Lipinski definition) is 0. The molecule has 3 aliphatic rings. The van der Waals surface area contributed by atoms with Gasteiger partial charge in [-0.3, -0.25) is 4.79 Å². The number of carbonyl (C=O) groups excluding carboxylic acids is 1. The third kappa shape index (κ3) is 4.24. The van der Waals surface area contributed by atoms with E-state index in [4.69, 9.17) is 0 Å². The predicted molar refractivity (Wildman–Crippen MR) is 201 cm³/mol. The number of carbonyl (C=O) groups is 1. The van der Waals surface area contributed by atoms with Crippen LogP contribution in [0.3, 0.4) is 0 Å². The Labute approximate surface area is 284 Å². The lowest BCUT2D eigenvalue weighted by Crippen LogP contribution is -2.19. The van der Waals surface area contributed by atoms with Crippen molar-refractivity contribution in [3.63, 3.8) is 0 Å². The number of anilines is 3. The Morgan fingerprint density at radius 2 is 1.36 bits per heavy atom. The number of allylic oxidation sites excluding steroid dienone is 4. The van der Waals surface area contributed by atoms with Crippen LogP contribution in [0.25, 0.3) is 36.5 Å². The molecule has 2 aromatic heterocycles. The standard InChI is InChI=1S/C43H35NOS2/c1-42(2)35-11-7-5-9-31(35)33-18-15-27(22-37(33)42)44(28-16-19-34-32-10-6-8-12-36(32)43(3,4)38(34)23-28)29-14-13-26-21-41(47-40(26)24-29)39-20-17-30(25-45)46-39/h5-7,9-11,13-25H,8,12H2,1-4H3. The van der Waals surface area contributed by atoms with Gasteiger partial charge < -0.3 is 4.90 Å². The Hall–Kier alpha value is -4.51. The van der Waals surface area contributed by atoms with Gasteiger partial charge in [0.15, 0.2) is 6.29 Å². The van der Waals surface area contributed by atoms with Gasteiger partial charge >= 0.3 is 0 Å². The van der Waals surface area contributed by atoms with Gasteiger partial charge in [-0.2, -0.15) is 0 Å². The summed E-state index contributed by atoms with van der Waals surface area (Å²) in [5.41, 5.74) is 14.6. The van der Waals surface area contributed by atoms with Gasteiger partial charge in [0.1, 0.15) is 0 Å². The van der Waals surface area contributed by atoms with E-state index in [1.165, 1.54) is 65.3 Å². The molecule has 2 nitrogen and oxygen atoms in total. The van der Waals surface area contributed by atoms with E-state index in [-0.39, 0.29) is 10.8 Å². The van der Waals surface area contributed by atoms with Crippen LogP contribution in [-0.2, 0) is 10.8 Å². The van der Waals surface area contributed by atoms with Gasteiger partial charge in [0, 0.05) is 42.3 Å². The monoisotopic (exact) mass is 645 g/mol. The molecule has 0 aliphatic heterocycles. The van der Waals surface area contributed by atoms with Crippen LogP contribution >= 0.6 is 22.7 Å². The molecule has 0 radical (unpaired) electrons. The molecule has 0 bridgehead atoms. The molecular formula is C43H35NOS2. The topological polar surface area (TPSA) is 20.3 Å². The summed E-state index contributed by atoms with van der Waals surface area (Å²) in [4.78, 5) is 16.9. The second-order valence-corrected chi connectivity index (χ2v) is 16.3. The number of rotatable bonds is 5. The number of hydrogen-bond acceptors (Lipinski definition) is 4. The third-order valence-corrected chi connectivity index (χ3v) is 13.0. The molecule has 0 N–H and O–H groups in total. The quantitative estimate of drug-likeness (QED) is 0.174. The average molecular weight is 646 g/mol. The Bertz CT molecular complexity index is 2340. The summed E-state index contributed by atoms with van der Waals surface area (Å²) in [7, 11) is 0. The Balaban J connectivity index is 1.22. The van der Waals surface area contributed by atoms with Crippen molar-refractivity contribution in [2.45, 2.75) is 51.4 Å². The summed E-state index contributed by atoms with van der Waals surface area (Å²) < 4.78 is 1.24. The van der Waals surface area contributed by atoms with Gasteiger partial charge in [-0.1, -0.05) is 87.9 Å². The van der Waals surface area contributed by atoms with E-state index in [1.807, 2.05) is 6.07 Å². The minimum absolute atomic E-state index is 0.00758. The summed E-state index contributed by atoms with van der Waals surface area (Å²) in [6.45, 7) is 9.51.